The van der Waals surface area contributed by atoms with Gasteiger partial charge in [0.25, 0.3) is 0 Å². The zero-order chi connectivity index (χ0) is 13.3. The summed E-state index contributed by atoms with van der Waals surface area (Å²) in [5.41, 5.74) is 1.20. The van der Waals surface area contributed by atoms with E-state index in [1.165, 1.54) is 44.2 Å². The molecule has 1 aromatic carbocycles. The third kappa shape index (κ3) is 2.59. The van der Waals surface area contributed by atoms with Crippen LogP contribution in [0.25, 0.3) is 10.2 Å². The highest BCUT2D eigenvalue weighted by Crippen LogP contribution is 2.41. The lowest BCUT2D eigenvalue weighted by Crippen LogP contribution is -2.25. The molecular weight excluding hydrogens is 259 g/mol. The van der Waals surface area contributed by atoms with Crippen LogP contribution < -0.4 is 5.32 Å². The summed E-state index contributed by atoms with van der Waals surface area (Å²) in [5, 5.41) is 4.39. The first-order chi connectivity index (χ1) is 9.21. The summed E-state index contributed by atoms with van der Waals surface area (Å²) in [5.74, 6) is -0.217. The van der Waals surface area contributed by atoms with Crippen LogP contribution >= 0.6 is 11.3 Å². The van der Waals surface area contributed by atoms with E-state index in [0.717, 1.165) is 21.9 Å². The molecule has 1 heterocycles. The van der Waals surface area contributed by atoms with E-state index in [4.69, 9.17) is 0 Å². The third-order valence-electron chi connectivity index (χ3n) is 4.38. The van der Waals surface area contributed by atoms with Gasteiger partial charge in [-0.3, -0.25) is 0 Å². The van der Waals surface area contributed by atoms with E-state index in [1.807, 2.05) is 0 Å². The minimum atomic E-state index is -0.217. The molecule has 102 valence electrons. The Morgan fingerprint density at radius 1 is 1.37 bits per heavy atom. The molecule has 1 N–H and O–H groups in total. The minimum Gasteiger partial charge on any atom is -0.361 e. The lowest BCUT2D eigenvalue weighted by molar-refractivity contribution is 0.307. The van der Waals surface area contributed by atoms with Crippen molar-refractivity contribution in [2.24, 2.45) is 5.41 Å². The molecule has 1 aromatic heterocycles. The lowest BCUT2D eigenvalue weighted by Gasteiger charge is -2.27. The fourth-order valence-electron chi connectivity index (χ4n) is 3.02. The Kier molecular flexibility index (Phi) is 3.44. The van der Waals surface area contributed by atoms with Crippen molar-refractivity contribution in [3.05, 3.63) is 24.0 Å². The van der Waals surface area contributed by atoms with E-state index in [1.54, 1.807) is 17.4 Å². The van der Waals surface area contributed by atoms with Crippen LogP contribution in [0.3, 0.4) is 0 Å². The number of anilines is 1. The molecule has 0 aliphatic heterocycles. The van der Waals surface area contributed by atoms with Gasteiger partial charge >= 0.3 is 0 Å². The van der Waals surface area contributed by atoms with Crippen LogP contribution in [0.2, 0.25) is 0 Å². The van der Waals surface area contributed by atoms with Crippen LogP contribution in [-0.2, 0) is 0 Å². The molecule has 0 bridgehead atoms. The van der Waals surface area contributed by atoms with Gasteiger partial charge in [-0.2, -0.15) is 0 Å². The van der Waals surface area contributed by atoms with E-state index in [9.17, 15) is 4.39 Å². The summed E-state index contributed by atoms with van der Waals surface area (Å²) in [7, 11) is 0. The molecule has 0 saturated heterocycles. The normalized spacial score (nSPS) is 18.0. The number of aromatic nitrogens is 1. The lowest BCUT2D eigenvalue weighted by atomic mass is 9.83. The second-order valence-corrected chi connectivity index (χ2v) is 6.58. The first-order valence-corrected chi connectivity index (χ1v) is 7.82. The van der Waals surface area contributed by atoms with Crippen molar-refractivity contribution >= 4 is 26.7 Å². The van der Waals surface area contributed by atoms with Gasteiger partial charge < -0.3 is 5.32 Å². The van der Waals surface area contributed by atoms with Crippen LogP contribution in [-0.4, -0.2) is 11.5 Å². The standard InChI is InChI=1S/C15H19FN2S/c1-2-15(7-3-4-8-15)10-17-14-18-12-9-11(16)5-6-13(12)19-14/h5-6,9H,2-4,7-8,10H2,1H3,(H,17,18). The molecule has 0 unspecified atom stereocenters. The predicted octanol–water partition coefficient (Wildman–Crippen LogP) is 4.82. The molecule has 0 amide bonds. The minimum absolute atomic E-state index is 0.217. The van der Waals surface area contributed by atoms with Gasteiger partial charge in [-0.25, -0.2) is 9.37 Å². The largest absolute Gasteiger partial charge is 0.361 e. The molecule has 1 aliphatic carbocycles. The van der Waals surface area contributed by atoms with Crippen molar-refractivity contribution in [2.75, 3.05) is 11.9 Å². The first-order valence-electron chi connectivity index (χ1n) is 7.01. The number of benzene rings is 1. The molecular formula is C15H19FN2S. The van der Waals surface area contributed by atoms with Crippen LogP contribution in [0.15, 0.2) is 18.2 Å². The highest BCUT2D eigenvalue weighted by atomic mass is 32.1. The maximum atomic E-state index is 13.1. The van der Waals surface area contributed by atoms with Crippen molar-refractivity contribution < 1.29 is 4.39 Å². The number of rotatable bonds is 4. The Bertz CT molecular complexity index is 573. The average Bonchev–Trinajstić information content (AvgIpc) is 3.02. The van der Waals surface area contributed by atoms with E-state index in [-0.39, 0.29) is 5.82 Å². The van der Waals surface area contributed by atoms with Crippen LogP contribution in [0.1, 0.15) is 39.0 Å². The Labute approximate surface area is 117 Å². The number of thiazole rings is 1. The van der Waals surface area contributed by atoms with E-state index in [2.05, 4.69) is 17.2 Å². The number of nitrogens with one attached hydrogen (secondary N) is 1. The van der Waals surface area contributed by atoms with Crippen molar-refractivity contribution in [1.82, 2.24) is 4.98 Å². The highest BCUT2D eigenvalue weighted by molar-refractivity contribution is 7.22. The summed E-state index contributed by atoms with van der Waals surface area (Å²) in [6, 6.07) is 4.80. The molecule has 0 atom stereocenters. The van der Waals surface area contributed by atoms with Crippen molar-refractivity contribution in [3.8, 4) is 0 Å². The van der Waals surface area contributed by atoms with Crippen molar-refractivity contribution in [2.45, 2.75) is 39.0 Å². The fraction of sp³-hybridized carbons (Fsp3) is 0.533. The molecule has 4 heteroatoms. The summed E-state index contributed by atoms with van der Waals surface area (Å²) >= 11 is 1.61. The number of nitrogens with zero attached hydrogens (tertiary/aromatic N) is 1. The quantitative estimate of drug-likeness (QED) is 0.867. The van der Waals surface area contributed by atoms with Gasteiger partial charge in [0.1, 0.15) is 5.82 Å². The van der Waals surface area contributed by atoms with Gasteiger partial charge in [-0.05, 0) is 36.8 Å². The fourth-order valence-corrected chi connectivity index (χ4v) is 3.86. The Balaban J connectivity index is 1.74. The molecule has 1 fully saturated rings. The van der Waals surface area contributed by atoms with Gasteiger partial charge in [0.2, 0.25) is 0 Å². The number of fused-ring (bicyclic) bond motifs is 1. The zero-order valence-corrected chi connectivity index (χ0v) is 12.0. The maximum absolute atomic E-state index is 13.1. The molecule has 3 rings (SSSR count). The Morgan fingerprint density at radius 3 is 2.89 bits per heavy atom. The summed E-state index contributed by atoms with van der Waals surface area (Å²) in [4.78, 5) is 4.47. The SMILES string of the molecule is CCC1(CNc2nc3cc(F)ccc3s2)CCCC1. The number of hydrogen-bond donors (Lipinski definition) is 1. The molecule has 0 radical (unpaired) electrons. The Hall–Kier alpha value is -1.16. The van der Waals surface area contributed by atoms with Crippen molar-refractivity contribution in [1.29, 1.82) is 0 Å². The van der Waals surface area contributed by atoms with Crippen LogP contribution in [0, 0.1) is 11.2 Å². The summed E-state index contributed by atoms with van der Waals surface area (Å²) in [6.45, 7) is 3.27. The molecule has 1 saturated carbocycles. The second kappa shape index (κ2) is 5.08. The number of halogens is 1. The van der Waals surface area contributed by atoms with Gasteiger partial charge in [-0.1, -0.05) is 31.1 Å². The Morgan fingerprint density at radius 2 is 2.16 bits per heavy atom. The number of hydrogen-bond acceptors (Lipinski definition) is 3. The average molecular weight is 278 g/mol. The second-order valence-electron chi connectivity index (χ2n) is 5.55. The first kappa shape index (κ1) is 12.9. The van der Waals surface area contributed by atoms with Gasteiger partial charge in [-0.15, -0.1) is 0 Å². The summed E-state index contributed by atoms with van der Waals surface area (Å²) < 4.78 is 14.2. The molecule has 1 aliphatic rings. The van der Waals surface area contributed by atoms with E-state index >= 15 is 0 Å². The topological polar surface area (TPSA) is 24.9 Å². The third-order valence-corrected chi connectivity index (χ3v) is 5.37. The molecule has 19 heavy (non-hydrogen) atoms. The summed E-state index contributed by atoms with van der Waals surface area (Å²) in [6.07, 6.45) is 6.55. The predicted molar refractivity (Wildman–Crippen MR) is 79.3 cm³/mol. The maximum Gasteiger partial charge on any atom is 0.183 e. The van der Waals surface area contributed by atoms with Gasteiger partial charge in [0.05, 0.1) is 10.2 Å². The monoisotopic (exact) mass is 278 g/mol. The zero-order valence-electron chi connectivity index (χ0n) is 11.2. The van der Waals surface area contributed by atoms with E-state index in [0.29, 0.717) is 5.41 Å². The van der Waals surface area contributed by atoms with E-state index < -0.39 is 0 Å². The highest BCUT2D eigenvalue weighted by Gasteiger charge is 2.31. The van der Waals surface area contributed by atoms with Gasteiger partial charge in [0.15, 0.2) is 5.13 Å². The van der Waals surface area contributed by atoms with Crippen LogP contribution in [0.4, 0.5) is 9.52 Å². The smallest absolute Gasteiger partial charge is 0.183 e. The molecule has 0 spiro atoms. The van der Waals surface area contributed by atoms with Gasteiger partial charge in [0, 0.05) is 12.6 Å². The van der Waals surface area contributed by atoms with Crippen molar-refractivity contribution in [3.63, 3.8) is 0 Å². The molecule has 2 nitrogen and oxygen atoms in total. The van der Waals surface area contributed by atoms with Crippen LogP contribution in [0.5, 0.6) is 0 Å². The molecule has 2 aromatic rings.